The van der Waals surface area contributed by atoms with Gasteiger partial charge in [0.1, 0.15) is 0 Å². The Morgan fingerprint density at radius 1 is 0.737 bits per heavy atom. The highest BCUT2D eigenvalue weighted by atomic mass is 16.9. The van der Waals surface area contributed by atoms with Crippen LogP contribution in [0.3, 0.4) is 0 Å². The normalized spacial score (nSPS) is 29.8. The van der Waals surface area contributed by atoms with Crippen LogP contribution in [0.1, 0.15) is 71.1 Å². The number of hydrogen-bond donors (Lipinski definition) is 0. The number of ether oxygens (including phenoxy) is 3. The Hall–Kier alpha value is -0.120. The van der Waals surface area contributed by atoms with Crippen LogP contribution in [0.25, 0.3) is 0 Å². The van der Waals surface area contributed by atoms with E-state index >= 15 is 0 Å². The second-order valence-electron chi connectivity index (χ2n) is 6.06. The van der Waals surface area contributed by atoms with E-state index in [1.54, 1.807) is 0 Å². The van der Waals surface area contributed by atoms with E-state index in [0.717, 1.165) is 32.7 Å². The number of rotatable bonds is 10. The lowest BCUT2D eigenvalue weighted by molar-refractivity contribution is -0.450. The van der Waals surface area contributed by atoms with Crippen molar-refractivity contribution in [1.29, 1.82) is 0 Å². The number of hydrogen-bond acceptors (Lipinski definition) is 3. The zero-order valence-electron chi connectivity index (χ0n) is 12.5. The molecule has 0 atom stereocenters. The molecule has 3 aliphatic rings. The molecule has 0 unspecified atom stereocenters. The SMILES string of the molecule is CCCCCCCCCCCC12OCC(CO1)CO2. The Morgan fingerprint density at radius 3 is 1.74 bits per heavy atom. The average Bonchev–Trinajstić information content (AvgIpc) is 2.47. The van der Waals surface area contributed by atoms with Crippen molar-refractivity contribution in [2.75, 3.05) is 19.8 Å². The summed E-state index contributed by atoms with van der Waals surface area (Å²) in [6.07, 6.45) is 13.0. The number of unbranched alkanes of at least 4 members (excludes halogenated alkanes) is 8. The summed E-state index contributed by atoms with van der Waals surface area (Å²) in [6, 6.07) is 0. The molecule has 0 amide bonds. The van der Waals surface area contributed by atoms with Gasteiger partial charge in [-0.25, -0.2) is 0 Å². The second kappa shape index (κ2) is 8.23. The zero-order valence-corrected chi connectivity index (χ0v) is 12.5. The molecule has 112 valence electrons. The van der Waals surface area contributed by atoms with Crippen LogP contribution >= 0.6 is 0 Å². The van der Waals surface area contributed by atoms with Gasteiger partial charge in [-0.1, -0.05) is 58.3 Å². The molecular weight excluding hydrogens is 240 g/mol. The summed E-state index contributed by atoms with van der Waals surface area (Å²) in [5.74, 6) is -0.208. The van der Waals surface area contributed by atoms with Crippen molar-refractivity contribution in [2.45, 2.75) is 77.1 Å². The van der Waals surface area contributed by atoms with Crippen molar-refractivity contribution in [3.8, 4) is 0 Å². The first-order valence-electron chi connectivity index (χ1n) is 8.26. The third-order valence-electron chi connectivity index (χ3n) is 4.20. The summed E-state index contributed by atoms with van der Waals surface area (Å²) in [5, 5.41) is 0. The van der Waals surface area contributed by atoms with Gasteiger partial charge in [0.25, 0.3) is 5.97 Å². The lowest BCUT2D eigenvalue weighted by Gasteiger charge is -2.45. The van der Waals surface area contributed by atoms with Gasteiger partial charge in [-0.05, 0) is 6.42 Å². The lowest BCUT2D eigenvalue weighted by Crippen LogP contribution is -2.53. The molecule has 0 aromatic rings. The van der Waals surface area contributed by atoms with Crippen molar-refractivity contribution in [1.82, 2.24) is 0 Å². The summed E-state index contributed by atoms with van der Waals surface area (Å²) >= 11 is 0. The minimum Gasteiger partial charge on any atom is -0.327 e. The van der Waals surface area contributed by atoms with Gasteiger partial charge in [0.05, 0.1) is 19.8 Å². The molecule has 0 aliphatic carbocycles. The first kappa shape index (κ1) is 15.3. The fraction of sp³-hybridized carbons (Fsp3) is 1.00. The van der Waals surface area contributed by atoms with Crippen LogP contribution in [0.4, 0.5) is 0 Å². The maximum atomic E-state index is 5.69. The Bertz CT molecular complexity index is 220. The van der Waals surface area contributed by atoms with Crippen LogP contribution in [-0.4, -0.2) is 25.8 Å². The van der Waals surface area contributed by atoms with Crippen LogP contribution < -0.4 is 0 Å². The Morgan fingerprint density at radius 2 is 1.21 bits per heavy atom. The summed E-state index contributed by atoms with van der Waals surface area (Å²) in [5.41, 5.74) is 0. The topological polar surface area (TPSA) is 27.7 Å². The van der Waals surface area contributed by atoms with E-state index in [-0.39, 0.29) is 0 Å². The van der Waals surface area contributed by atoms with E-state index < -0.39 is 5.97 Å². The fourth-order valence-corrected chi connectivity index (χ4v) is 2.87. The first-order chi connectivity index (χ1) is 9.35. The van der Waals surface area contributed by atoms with Crippen LogP contribution in [0, 0.1) is 5.92 Å². The van der Waals surface area contributed by atoms with E-state index in [0.29, 0.717) is 5.92 Å². The van der Waals surface area contributed by atoms with E-state index in [1.165, 1.54) is 51.4 Å². The van der Waals surface area contributed by atoms with E-state index in [9.17, 15) is 0 Å². The molecular formula is C16H30O3. The van der Waals surface area contributed by atoms with Crippen molar-refractivity contribution < 1.29 is 14.2 Å². The molecule has 3 nitrogen and oxygen atoms in total. The van der Waals surface area contributed by atoms with Crippen molar-refractivity contribution in [3.63, 3.8) is 0 Å². The second-order valence-corrected chi connectivity index (χ2v) is 6.06. The molecule has 0 aromatic heterocycles. The van der Waals surface area contributed by atoms with Crippen molar-refractivity contribution in [2.24, 2.45) is 5.92 Å². The van der Waals surface area contributed by atoms with Gasteiger partial charge in [-0.2, -0.15) is 0 Å². The van der Waals surface area contributed by atoms with Gasteiger partial charge in [0, 0.05) is 12.3 Å². The lowest BCUT2D eigenvalue weighted by atomic mass is 10.0. The highest BCUT2D eigenvalue weighted by Gasteiger charge is 2.43. The molecule has 3 aliphatic heterocycles. The molecule has 0 spiro atoms. The van der Waals surface area contributed by atoms with Gasteiger partial charge in [0.15, 0.2) is 0 Å². The van der Waals surface area contributed by atoms with E-state index in [1.807, 2.05) is 0 Å². The quantitative estimate of drug-likeness (QED) is 0.555. The van der Waals surface area contributed by atoms with Gasteiger partial charge < -0.3 is 14.2 Å². The monoisotopic (exact) mass is 270 g/mol. The van der Waals surface area contributed by atoms with Gasteiger partial charge in [-0.15, -0.1) is 0 Å². The molecule has 0 saturated carbocycles. The molecule has 3 saturated heterocycles. The molecule has 3 heterocycles. The zero-order chi connectivity index (χ0) is 13.4. The molecule has 19 heavy (non-hydrogen) atoms. The van der Waals surface area contributed by atoms with Crippen LogP contribution in [0.15, 0.2) is 0 Å². The predicted molar refractivity (Wildman–Crippen MR) is 75.9 cm³/mol. The minimum atomic E-state index is -0.671. The summed E-state index contributed by atoms with van der Waals surface area (Å²) in [6.45, 7) is 4.72. The van der Waals surface area contributed by atoms with Crippen LogP contribution in [0.2, 0.25) is 0 Å². The van der Waals surface area contributed by atoms with Gasteiger partial charge in [-0.3, -0.25) is 0 Å². The highest BCUT2D eigenvalue weighted by molar-refractivity contribution is 4.74. The van der Waals surface area contributed by atoms with Crippen LogP contribution in [-0.2, 0) is 14.2 Å². The first-order valence-corrected chi connectivity index (χ1v) is 8.26. The molecule has 2 bridgehead atoms. The summed E-state index contributed by atoms with van der Waals surface area (Å²) < 4.78 is 17.1. The number of fused-ring (bicyclic) bond motifs is 3. The van der Waals surface area contributed by atoms with Gasteiger partial charge in [0.2, 0.25) is 0 Å². The molecule has 3 heteroatoms. The van der Waals surface area contributed by atoms with Crippen LogP contribution in [0.5, 0.6) is 0 Å². The molecule has 3 rings (SSSR count). The standard InChI is InChI=1S/C16H30O3/c1-2-3-4-5-6-7-8-9-10-11-16-17-12-15(13-18-16)14-19-16/h15H,2-14H2,1H3. The highest BCUT2D eigenvalue weighted by Crippen LogP contribution is 2.34. The Labute approximate surface area is 118 Å². The molecule has 3 fully saturated rings. The maximum Gasteiger partial charge on any atom is 0.282 e. The average molecular weight is 270 g/mol. The molecule has 0 aromatic carbocycles. The molecule has 0 N–H and O–H groups in total. The third kappa shape index (κ3) is 5.05. The van der Waals surface area contributed by atoms with Gasteiger partial charge >= 0.3 is 0 Å². The maximum absolute atomic E-state index is 5.69. The minimum absolute atomic E-state index is 0.463. The smallest absolute Gasteiger partial charge is 0.282 e. The largest absolute Gasteiger partial charge is 0.327 e. The van der Waals surface area contributed by atoms with Crippen molar-refractivity contribution in [3.05, 3.63) is 0 Å². The van der Waals surface area contributed by atoms with E-state index in [4.69, 9.17) is 14.2 Å². The summed E-state index contributed by atoms with van der Waals surface area (Å²) in [4.78, 5) is 0. The third-order valence-corrected chi connectivity index (χ3v) is 4.20. The summed E-state index contributed by atoms with van der Waals surface area (Å²) in [7, 11) is 0. The fourth-order valence-electron chi connectivity index (χ4n) is 2.87. The van der Waals surface area contributed by atoms with E-state index in [2.05, 4.69) is 6.92 Å². The molecule has 0 radical (unpaired) electrons. The van der Waals surface area contributed by atoms with Crippen molar-refractivity contribution >= 4 is 0 Å². The Balaban J connectivity index is 1.43. The predicted octanol–water partition coefficient (Wildman–Crippen LogP) is 4.25. The Kier molecular flexibility index (Phi) is 6.62.